The van der Waals surface area contributed by atoms with Crippen molar-refractivity contribution < 1.29 is 39.1 Å². The quantitative estimate of drug-likeness (QED) is 0.228. The third-order valence-electron chi connectivity index (χ3n) is 10.3. The van der Waals surface area contributed by atoms with Crippen LogP contribution in [0.15, 0.2) is 84.4 Å². The van der Waals surface area contributed by atoms with E-state index in [1.54, 1.807) is 61.5 Å². The third kappa shape index (κ3) is 4.10. The van der Waals surface area contributed by atoms with E-state index in [0.29, 0.717) is 11.3 Å². The van der Waals surface area contributed by atoms with Crippen LogP contribution in [0.2, 0.25) is 0 Å². The maximum Gasteiger partial charge on any atom is 0.488 e. The zero-order valence-electron chi connectivity index (χ0n) is 24.7. The Kier molecular flexibility index (Phi) is 6.72. The van der Waals surface area contributed by atoms with Gasteiger partial charge in [0.25, 0.3) is 0 Å². The molecule has 45 heavy (non-hydrogen) atoms. The number of rotatable bonds is 5. The summed E-state index contributed by atoms with van der Waals surface area (Å²) in [4.78, 5) is 59.0. The molecule has 6 unspecified atom stereocenters. The smallest absolute Gasteiger partial charge is 0.488 e. The summed E-state index contributed by atoms with van der Waals surface area (Å²) in [5.41, 5.74) is 1.09. The van der Waals surface area contributed by atoms with Crippen molar-refractivity contribution >= 4 is 47.6 Å². The van der Waals surface area contributed by atoms with Crippen molar-refractivity contribution in [1.82, 2.24) is 0 Å². The van der Waals surface area contributed by atoms with E-state index in [0.717, 1.165) is 10.5 Å². The van der Waals surface area contributed by atoms with Gasteiger partial charge in [0, 0.05) is 5.92 Å². The molecule has 0 spiro atoms. The minimum atomic E-state index is -1.77. The first kappa shape index (κ1) is 29.0. The largest absolute Gasteiger partial charge is 0.504 e. The van der Waals surface area contributed by atoms with E-state index in [4.69, 9.17) is 4.74 Å². The van der Waals surface area contributed by atoms with Gasteiger partial charge >= 0.3 is 7.12 Å². The van der Waals surface area contributed by atoms with Gasteiger partial charge in [-0.25, -0.2) is 4.90 Å². The van der Waals surface area contributed by atoms with E-state index in [2.05, 4.69) is 0 Å². The summed E-state index contributed by atoms with van der Waals surface area (Å²) in [6, 6.07) is 19.7. The van der Waals surface area contributed by atoms with Gasteiger partial charge < -0.3 is 19.9 Å². The molecule has 3 aromatic rings. The van der Waals surface area contributed by atoms with Crippen molar-refractivity contribution in [3.8, 4) is 11.5 Å². The van der Waals surface area contributed by atoms with Crippen LogP contribution in [0, 0.1) is 29.1 Å². The number of phenolic OH excluding ortho intramolecular Hbond substituents is 1. The number of carbonyl (C=O) groups is 4. The number of ether oxygens (including phenoxy) is 1. The summed E-state index contributed by atoms with van der Waals surface area (Å²) in [6.45, 7) is 1.80. The van der Waals surface area contributed by atoms with Gasteiger partial charge in [-0.1, -0.05) is 48.0 Å². The van der Waals surface area contributed by atoms with Gasteiger partial charge in [-0.05, 0) is 73.1 Å². The van der Waals surface area contributed by atoms with E-state index in [1.807, 2.05) is 6.08 Å². The molecule has 1 saturated carbocycles. The van der Waals surface area contributed by atoms with Crippen LogP contribution in [0.5, 0.6) is 11.5 Å². The maximum atomic E-state index is 14.4. The first-order valence-electron chi connectivity index (χ1n) is 14.9. The number of hydrogen-bond acceptors (Lipinski definition) is 8. The first-order valence-corrected chi connectivity index (χ1v) is 14.9. The molecule has 228 valence electrons. The highest BCUT2D eigenvalue weighted by atomic mass is 16.5. The highest BCUT2D eigenvalue weighted by Gasteiger charge is 2.67. The topological polar surface area (TPSA) is 145 Å². The lowest BCUT2D eigenvalue weighted by molar-refractivity contribution is -0.131. The Morgan fingerprint density at radius 2 is 1.58 bits per heavy atom. The van der Waals surface area contributed by atoms with Crippen molar-refractivity contribution in [2.45, 2.75) is 25.7 Å². The molecule has 7 rings (SSSR count). The Morgan fingerprint density at radius 3 is 2.29 bits per heavy atom. The molecular formula is C34H31BN2O8. The zero-order chi connectivity index (χ0) is 31.8. The van der Waals surface area contributed by atoms with Crippen molar-refractivity contribution in [1.29, 1.82) is 0 Å². The monoisotopic (exact) mass is 606 g/mol. The molecule has 2 heterocycles. The van der Waals surface area contributed by atoms with Crippen LogP contribution in [0.3, 0.4) is 0 Å². The van der Waals surface area contributed by atoms with Crippen LogP contribution in [0.4, 0.5) is 11.4 Å². The molecule has 3 fully saturated rings. The summed E-state index contributed by atoms with van der Waals surface area (Å²) in [7, 11) is -0.341. The van der Waals surface area contributed by atoms with E-state index in [1.165, 1.54) is 30.2 Å². The molecule has 2 saturated heterocycles. The minimum Gasteiger partial charge on any atom is -0.504 e. The SMILES string of the molecule is COc1cc(C2C3=CCC4C(=O)N(c5cccc(B(O)O)c5)C(=O)C4C3CC3C(=O)N(c4ccccc4)C(=O)C32C)ccc1O. The minimum absolute atomic E-state index is 0.0739. The molecule has 3 aromatic carbocycles. The van der Waals surface area contributed by atoms with Crippen LogP contribution in [-0.4, -0.2) is 53.0 Å². The highest BCUT2D eigenvalue weighted by Crippen LogP contribution is 2.64. The number of nitrogens with zero attached hydrogens (tertiary/aromatic N) is 2. The third-order valence-corrected chi connectivity index (χ3v) is 10.3. The normalized spacial score (nSPS) is 28.9. The van der Waals surface area contributed by atoms with Crippen LogP contribution in [0.25, 0.3) is 0 Å². The summed E-state index contributed by atoms with van der Waals surface area (Å²) < 4.78 is 5.41. The lowest BCUT2D eigenvalue weighted by Gasteiger charge is -2.49. The number of aromatic hydroxyl groups is 1. The Hall–Kier alpha value is -4.74. The molecule has 0 bridgehead atoms. The standard InChI is InChI=1S/C34H31BN2O8/c1-34-25(31(40)37(33(34)42)20-8-4-3-5-9-20)17-24-22(29(34)18-11-14-26(38)27(15-18)45-2)12-13-23-28(24)32(41)36(30(23)39)21-10-6-7-19(16-21)35(43)44/h3-12,14-16,23-25,28-29,38,43-44H,13,17H2,1-2H3. The van der Waals surface area contributed by atoms with Crippen LogP contribution in [0.1, 0.15) is 31.2 Å². The number of carbonyl (C=O) groups excluding carboxylic acids is 4. The average molecular weight is 606 g/mol. The molecule has 6 atom stereocenters. The van der Waals surface area contributed by atoms with Gasteiger partial charge in [0.2, 0.25) is 23.6 Å². The number of imide groups is 2. The fraction of sp³-hybridized carbons (Fsp3) is 0.294. The van der Waals surface area contributed by atoms with E-state index < -0.39 is 48.0 Å². The van der Waals surface area contributed by atoms with Gasteiger partial charge in [-0.3, -0.25) is 24.1 Å². The molecule has 2 aliphatic heterocycles. The summed E-state index contributed by atoms with van der Waals surface area (Å²) in [6.07, 6.45) is 2.41. The Bertz CT molecular complexity index is 1790. The Morgan fingerprint density at radius 1 is 0.844 bits per heavy atom. The second-order valence-corrected chi connectivity index (χ2v) is 12.4. The highest BCUT2D eigenvalue weighted by molar-refractivity contribution is 6.58. The molecule has 10 nitrogen and oxygen atoms in total. The second kappa shape index (κ2) is 10.4. The lowest BCUT2D eigenvalue weighted by atomic mass is 9.51. The number of fused-ring (bicyclic) bond motifs is 4. The Labute approximate surface area is 259 Å². The zero-order valence-corrected chi connectivity index (χ0v) is 24.7. The number of benzene rings is 3. The molecule has 11 heteroatoms. The fourth-order valence-electron chi connectivity index (χ4n) is 8.17. The predicted molar refractivity (Wildman–Crippen MR) is 164 cm³/mol. The lowest BCUT2D eigenvalue weighted by Crippen LogP contribution is -2.48. The molecule has 4 amide bonds. The maximum absolute atomic E-state index is 14.4. The molecule has 3 N–H and O–H groups in total. The fourth-order valence-corrected chi connectivity index (χ4v) is 8.17. The van der Waals surface area contributed by atoms with Gasteiger partial charge in [-0.15, -0.1) is 0 Å². The molecule has 0 aromatic heterocycles. The summed E-state index contributed by atoms with van der Waals surface area (Å²) >= 11 is 0. The van der Waals surface area contributed by atoms with Gasteiger partial charge in [0.15, 0.2) is 11.5 Å². The summed E-state index contributed by atoms with van der Waals surface area (Å²) in [5, 5.41) is 29.8. The molecule has 2 aliphatic carbocycles. The average Bonchev–Trinajstić information content (AvgIpc) is 3.41. The van der Waals surface area contributed by atoms with Gasteiger partial charge in [0.1, 0.15) is 0 Å². The van der Waals surface area contributed by atoms with Crippen LogP contribution < -0.4 is 20.0 Å². The Balaban J connectivity index is 1.36. The van der Waals surface area contributed by atoms with E-state index in [-0.39, 0.29) is 53.2 Å². The number of phenols is 1. The van der Waals surface area contributed by atoms with Gasteiger partial charge in [0.05, 0.1) is 41.7 Å². The van der Waals surface area contributed by atoms with Crippen LogP contribution in [-0.2, 0) is 19.2 Å². The number of amides is 4. The number of methoxy groups -OCH3 is 1. The van der Waals surface area contributed by atoms with E-state index in [9.17, 15) is 34.3 Å². The molecule has 4 aliphatic rings. The summed E-state index contributed by atoms with van der Waals surface area (Å²) in [5.74, 6) is -4.79. The number of para-hydroxylation sites is 1. The van der Waals surface area contributed by atoms with Crippen LogP contribution >= 0.6 is 0 Å². The molecule has 0 radical (unpaired) electrons. The first-order chi connectivity index (χ1) is 21.6. The van der Waals surface area contributed by atoms with E-state index >= 15 is 0 Å². The van der Waals surface area contributed by atoms with Crippen molar-refractivity contribution in [3.63, 3.8) is 0 Å². The van der Waals surface area contributed by atoms with Crippen molar-refractivity contribution in [2.24, 2.45) is 29.1 Å². The predicted octanol–water partition coefficient (Wildman–Crippen LogP) is 2.52. The second-order valence-electron chi connectivity index (χ2n) is 12.4. The van der Waals surface area contributed by atoms with Crippen molar-refractivity contribution in [2.75, 3.05) is 16.9 Å². The number of hydrogen-bond donors (Lipinski definition) is 3. The molecular weight excluding hydrogens is 575 g/mol. The van der Waals surface area contributed by atoms with Gasteiger partial charge in [-0.2, -0.15) is 0 Å². The number of allylic oxidation sites excluding steroid dienone is 2. The number of anilines is 2. The van der Waals surface area contributed by atoms with Crippen molar-refractivity contribution in [3.05, 3.63) is 90.0 Å².